The van der Waals surface area contributed by atoms with E-state index in [1.54, 1.807) is 12.1 Å². The van der Waals surface area contributed by atoms with Crippen LogP contribution in [-0.2, 0) is 4.79 Å². The number of fused-ring (bicyclic) bond motifs is 3. The molecule has 0 saturated heterocycles. The molecule has 0 spiro atoms. The summed E-state index contributed by atoms with van der Waals surface area (Å²) < 4.78 is 18.9. The molecule has 2 fully saturated rings. The lowest BCUT2D eigenvalue weighted by Crippen LogP contribution is -2.46. The van der Waals surface area contributed by atoms with E-state index in [1.807, 2.05) is 0 Å². The van der Waals surface area contributed by atoms with Gasteiger partial charge in [-0.3, -0.25) is 4.79 Å². The molecular formula is C18H20FNO3. The van der Waals surface area contributed by atoms with Gasteiger partial charge in [-0.05, 0) is 55.4 Å². The molecule has 1 heterocycles. The van der Waals surface area contributed by atoms with Crippen molar-refractivity contribution in [1.82, 2.24) is 5.32 Å². The van der Waals surface area contributed by atoms with Gasteiger partial charge in [-0.1, -0.05) is 0 Å². The first-order chi connectivity index (χ1) is 11.2. The average molecular weight is 317 g/mol. The molecule has 1 aromatic carbocycles. The Kier molecular flexibility index (Phi) is 3.60. The number of hydrogen-bond acceptors (Lipinski definition) is 3. The molecule has 4 unspecified atom stereocenters. The molecule has 1 aromatic rings. The Bertz CT molecular complexity index is 672. The zero-order chi connectivity index (χ0) is 16.0. The lowest BCUT2D eigenvalue weighted by molar-refractivity contribution is -0.119. The number of aliphatic hydroxyl groups excluding tert-OH is 1. The summed E-state index contributed by atoms with van der Waals surface area (Å²) in [4.78, 5) is 12.6. The van der Waals surface area contributed by atoms with Crippen molar-refractivity contribution in [2.45, 2.75) is 25.3 Å². The van der Waals surface area contributed by atoms with Crippen molar-refractivity contribution in [3.63, 3.8) is 0 Å². The largest absolute Gasteiger partial charge is 0.488 e. The maximum absolute atomic E-state index is 13.3. The molecule has 2 bridgehead atoms. The third-order valence-electron chi connectivity index (χ3n) is 5.57. The SMILES string of the molecule is O=C(NC1C2CCC(C2)C1CO)C1=Cc2cc(F)ccc2OC1. The lowest BCUT2D eigenvalue weighted by Gasteiger charge is -2.31. The second-order valence-corrected chi connectivity index (χ2v) is 6.82. The van der Waals surface area contributed by atoms with E-state index in [0.717, 1.165) is 19.3 Å². The van der Waals surface area contributed by atoms with E-state index in [2.05, 4.69) is 5.32 Å². The third-order valence-corrected chi connectivity index (χ3v) is 5.57. The number of ether oxygens (including phenoxy) is 1. The van der Waals surface area contributed by atoms with Crippen molar-refractivity contribution >= 4 is 12.0 Å². The Balaban J connectivity index is 1.51. The predicted molar refractivity (Wildman–Crippen MR) is 83.2 cm³/mol. The first kappa shape index (κ1) is 14.7. The zero-order valence-corrected chi connectivity index (χ0v) is 12.8. The molecule has 2 N–H and O–H groups in total. The normalized spacial score (nSPS) is 31.3. The van der Waals surface area contributed by atoms with Crippen LogP contribution in [0.25, 0.3) is 6.08 Å². The van der Waals surface area contributed by atoms with Gasteiger partial charge in [-0.25, -0.2) is 4.39 Å². The summed E-state index contributed by atoms with van der Waals surface area (Å²) in [5.74, 6) is 1.23. The minimum Gasteiger partial charge on any atom is -0.488 e. The fourth-order valence-electron chi connectivity index (χ4n) is 4.42. The van der Waals surface area contributed by atoms with Gasteiger partial charge in [-0.15, -0.1) is 0 Å². The van der Waals surface area contributed by atoms with Crippen LogP contribution in [0.15, 0.2) is 23.8 Å². The number of aliphatic hydroxyl groups is 1. The van der Waals surface area contributed by atoms with E-state index in [1.165, 1.54) is 12.1 Å². The summed E-state index contributed by atoms with van der Waals surface area (Å²) in [6.45, 7) is 0.310. The number of rotatable bonds is 3. The molecule has 2 aliphatic carbocycles. The van der Waals surface area contributed by atoms with E-state index in [4.69, 9.17) is 4.74 Å². The van der Waals surface area contributed by atoms with E-state index < -0.39 is 0 Å². The minimum atomic E-state index is -0.348. The van der Waals surface area contributed by atoms with Crippen LogP contribution in [0.4, 0.5) is 4.39 Å². The summed E-state index contributed by atoms with van der Waals surface area (Å²) in [6, 6.07) is 4.34. The molecule has 3 aliphatic rings. The second-order valence-electron chi connectivity index (χ2n) is 6.82. The van der Waals surface area contributed by atoms with E-state index in [0.29, 0.717) is 28.7 Å². The van der Waals surface area contributed by atoms with Crippen LogP contribution in [-0.4, -0.2) is 30.3 Å². The number of benzene rings is 1. The van der Waals surface area contributed by atoms with Crippen molar-refractivity contribution in [2.24, 2.45) is 17.8 Å². The van der Waals surface area contributed by atoms with Crippen LogP contribution < -0.4 is 10.1 Å². The van der Waals surface area contributed by atoms with Gasteiger partial charge in [-0.2, -0.15) is 0 Å². The van der Waals surface area contributed by atoms with Crippen molar-refractivity contribution in [2.75, 3.05) is 13.2 Å². The van der Waals surface area contributed by atoms with Crippen molar-refractivity contribution in [1.29, 1.82) is 0 Å². The summed E-state index contributed by atoms with van der Waals surface area (Å²) in [6.07, 6.45) is 5.06. The average Bonchev–Trinajstić information content (AvgIpc) is 3.15. The molecule has 0 aromatic heterocycles. The Hall–Kier alpha value is -1.88. The van der Waals surface area contributed by atoms with Crippen molar-refractivity contribution in [3.8, 4) is 5.75 Å². The minimum absolute atomic E-state index is 0.0426. The molecular weight excluding hydrogens is 297 g/mol. The van der Waals surface area contributed by atoms with E-state index in [9.17, 15) is 14.3 Å². The maximum atomic E-state index is 13.3. The van der Waals surface area contributed by atoms with Crippen LogP contribution in [0.5, 0.6) is 5.75 Å². The highest BCUT2D eigenvalue weighted by Gasteiger charge is 2.47. The maximum Gasteiger partial charge on any atom is 0.250 e. The Labute approximate surface area is 134 Å². The molecule has 0 radical (unpaired) electrons. The standard InChI is InChI=1S/C18H20FNO3/c19-14-3-4-16-12(7-14)6-13(9-23-16)18(22)20-17-11-2-1-10(5-11)15(17)8-21/h3-4,6-7,10-11,15,17,21H,1-2,5,8-9H2,(H,20,22). The smallest absolute Gasteiger partial charge is 0.250 e. The van der Waals surface area contributed by atoms with Crippen molar-refractivity contribution in [3.05, 3.63) is 35.2 Å². The molecule has 4 rings (SSSR count). The molecule has 2 saturated carbocycles. The quantitative estimate of drug-likeness (QED) is 0.898. The number of hydrogen-bond donors (Lipinski definition) is 2. The van der Waals surface area contributed by atoms with Gasteiger partial charge >= 0.3 is 0 Å². The van der Waals surface area contributed by atoms with Gasteiger partial charge in [0.05, 0.1) is 5.57 Å². The highest BCUT2D eigenvalue weighted by atomic mass is 19.1. The Morgan fingerprint density at radius 1 is 1.35 bits per heavy atom. The third kappa shape index (κ3) is 2.53. The summed E-state index contributed by atoms with van der Waals surface area (Å²) >= 11 is 0. The highest BCUT2D eigenvalue weighted by molar-refractivity contribution is 5.99. The fourth-order valence-corrected chi connectivity index (χ4v) is 4.42. The lowest BCUT2D eigenvalue weighted by atomic mass is 9.85. The molecule has 4 nitrogen and oxygen atoms in total. The molecule has 122 valence electrons. The molecule has 23 heavy (non-hydrogen) atoms. The highest BCUT2D eigenvalue weighted by Crippen LogP contribution is 2.48. The van der Waals surface area contributed by atoms with Crippen LogP contribution in [0, 0.1) is 23.6 Å². The van der Waals surface area contributed by atoms with Crippen LogP contribution in [0.3, 0.4) is 0 Å². The van der Waals surface area contributed by atoms with Gasteiger partial charge < -0.3 is 15.2 Å². The monoisotopic (exact) mass is 317 g/mol. The number of halogens is 1. The van der Waals surface area contributed by atoms with Crippen LogP contribution >= 0.6 is 0 Å². The van der Waals surface area contributed by atoms with E-state index in [-0.39, 0.29) is 36.9 Å². The second kappa shape index (κ2) is 5.64. The number of carbonyl (C=O) groups excluding carboxylic acids is 1. The number of amides is 1. The fraction of sp³-hybridized carbons (Fsp3) is 0.500. The van der Waals surface area contributed by atoms with Gasteiger partial charge in [0.25, 0.3) is 5.91 Å². The zero-order valence-electron chi connectivity index (χ0n) is 12.8. The van der Waals surface area contributed by atoms with Crippen LogP contribution in [0.1, 0.15) is 24.8 Å². The summed E-state index contributed by atoms with van der Waals surface area (Å²) in [7, 11) is 0. The molecule has 5 heteroatoms. The first-order valence-electron chi connectivity index (χ1n) is 8.20. The van der Waals surface area contributed by atoms with Crippen molar-refractivity contribution < 1.29 is 19.0 Å². The molecule has 1 amide bonds. The van der Waals surface area contributed by atoms with Gasteiger partial charge in [0, 0.05) is 24.1 Å². The summed E-state index contributed by atoms with van der Waals surface area (Å²) in [5.41, 5.74) is 1.09. The van der Waals surface area contributed by atoms with Gasteiger partial charge in [0.1, 0.15) is 18.2 Å². The number of carbonyl (C=O) groups is 1. The molecule has 1 aliphatic heterocycles. The molecule has 4 atom stereocenters. The Morgan fingerprint density at radius 3 is 3.00 bits per heavy atom. The topological polar surface area (TPSA) is 58.6 Å². The van der Waals surface area contributed by atoms with Gasteiger partial charge in [0.15, 0.2) is 0 Å². The van der Waals surface area contributed by atoms with Gasteiger partial charge in [0.2, 0.25) is 0 Å². The predicted octanol–water partition coefficient (Wildman–Crippen LogP) is 2.12. The van der Waals surface area contributed by atoms with Crippen LogP contribution in [0.2, 0.25) is 0 Å². The number of nitrogens with one attached hydrogen (secondary N) is 1. The summed E-state index contributed by atoms with van der Waals surface area (Å²) in [5, 5.41) is 12.7. The van der Waals surface area contributed by atoms with E-state index >= 15 is 0 Å². The Morgan fingerprint density at radius 2 is 2.17 bits per heavy atom. The first-order valence-corrected chi connectivity index (χ1v) is 8.20.